The number of hydrogen-bond acceptors (Lipinski definition) is 8. The van der Waals surface area contributed by atoms with Crippen molar-refractivity contribution < 1.29 is 19.6 Å². The third-order valence-electron chi connectivity index (χ3n) is 4.24. The minimum absolute atomic E-state index is 0.0872. The number of nitro groups is 1. The van der Waals surface area contributed by atoms with E-state index in [2.05, 4.69) is 16.8 Å². The SMILES string of the molecule is C=C(C)C(=O)OCCn1c(O)c(C)c(C)c(N=Nc2ccc(Cl)cc2[N+](=O)[O-])c1=O. The molecule has 158 valence electrons. The second-order valence-corrected chi connectivity index (χ2v) is 6.82. The lowest BCUT2D eigenvalue weighted by atomic mass is 10.1. The molecule has 0 aliphatic carbocycles. The molecule has 11 heteroatoms. The Morgan fingerprint density at radius 1 is 1.33 bits per heavy atom. The number of halogens is 1. The quantitative estimate of drug-likeness (QED) is 0.227. The van der Waals surface area contributed by atoms with Gasteiger partial charge < -0.3 is 9.84 Å². The zero-order chi connectivity index (χ0) is 22.6. The van der Waals surface area contributed by atoms with Crippen molar-refractivity contribution in [2.45, 2.75) is 27.3 Å². The maximum Gasteiger partial charge on any atom is 0.333 e. The highest BCUT2D eigenvalue weighted by atomic mass is 35.5. The number of benzene rings is 1. The van der Waals surface area contributed by atoms with Crippen LogP contribution in [0.3, 0.4) is 0 Å². The van der Waals surface area contributed by atoms with E-state index in [1.807, 2.05) is 0 Å². The van der Waals surface area contributed by atoms with Gasteiger partial charge in [-0.3, -0.25) is 19.5 Å². The second kappa shape index (κ2) is 9.31. The number of carbonyl (C=O) groups is 1. The summed E-state index contributed by atoms with van der Waals surface area (Å²) in [6, 6.07) is 3.84. The largest absolute Gasteiger partial charge is 0.494 e. The molecule has 0 fully saturated rings. The minimum atomic E-state index is -0.692. The summed E-state index contributed by atoms with van der Waals surface area (Å²) in [7, 11) is 0. The summed E-state index contributed by atoms with van der Waals surface area (Å²) >= 11 is 5.78. The molecule has 0 aliphatic heterocycles. The molecule has 1 N–H and O–H groups in total. The van der Waals surface area contributed by atoms with E-state index in [-0.39, 0.29) is 46.7 Å². The van der Waals surface area contributed by atoms with Crippen molar-refractivity contribution in [3.05, 3.63) is 67.0 Å². The average molecular weight is 435 g/mol. The number of hydrogen-bond donors (Lipinski definition) is 1. The fraction of sp³-hybridized carbons (Fsp3) is 0.263. The monoisotopic (exact) mass is 434 g/mol. The van der Waals surface area contributed by atoms with Crippen molar-refractivity contribution in [2.75, 3.05) is 6.61 Å². The van der Waals surface area contributed by atoms with Crippen LogP contribution in [0.2, 0.25) is 5.02 Å². The van der Waals surface area contributed by atoms with Crippen LogP contribution in [0.4, 0.5) is 17.1 Å². The molecular weight excluding hydrogens is 416 g/mol. The van der Waals surface area contributed by atoms with E-state index in [0.29, 0.717) is 11.1 Å². The minimum Gasteiger partial charge on any atom is -0.494 e. The van der Waals surface area contributed by atoms with Crippen molar-refractivity contribution >= 4 is 34.6 Å². The molecule has 0 saturated carbocycles. The van der Waals surface area contributed by atoms with Gasteiger partial charge in [0.15, 0.2) is 17.3 Å². The number of ether oxygens (including phenoxy) is 1. The van der Waals surface area contributed by atoms with Crippen LogP contribution in [0.5, 0.6) is 5.88 Å². The van der Waals surface area contributed by atoms with Crippen molar-refractivity contribution in [1.29, 1.82) is 0 Å². The Bertz CT molecular complexity index is 1120. The molecule has 2 rings (SSSR count). The maximum absolute atomic E-state index is 12.8. The van der Waals surface area contributed by atoms with Crippen molar-refractivity contribution in [2.24, 2.45) is 10.2 Å². The van der Waals surface area contributed by atoms with Gasteiger partial charge in [0.05, 0.1) is 11.5 Å². The first kappa shape index (κ1) is 22.8. The van der Waals surface area contributed by atoms with Gasteiger partial charge in [0, 0.05) is 22.2 Å². The molecule has 30 heavy (non-hydrogen) atoms. The van der Waals surface area contributed by atoms with Gasteiger partial charge in [-0.25, -0.2) is 4.79 Å². The predicted octanol–water partition coefficient (Wildman–Crippen LogP) is 4.27. The Balaban J connectivity index is 2.44. The van der Waals surface area contributed by atoms with Gasteiger partial charge in [0.25, 0.3) is 11.2 Å². The van der Waals surface area contributed by atoms with E-state index in [1.54, 1.807) is 13.8 Å². The molecule has 0 atom stereocenters. The van der Waals surface area contributed by atoms with E-state index < -0.39 is 16.5 Å². The molecule has 0 spiro atoms. The number of nitrogens with zero attached hydrogens (tertiary/aromatic N) is 4. The van der Waals surface area contributed by atoms with Gasteiger partial charge in [0.2, 0.25) is 0 Å². The van der Waals surface area contributed by atoms with Crippen LogP contribution in [0.15, 0.2) is 45.4 Å². The van der Waals surface area contributed by atoms with Gasteiger partial charge in [-0.05, 0) is 38.5 Å². The van der Waals surface area contributed by atoms with E-state index in [9.17, 15) is 24.8 Å². The number of aromatic hydroxyl groups is 1. The Morgan fingerprint density at radius 3 is 2.60 bits per heavy atom. The lowest BCUT2D eigenvalue weighted by molar-refractivity contribution is -0.384. The predicted molar refractivity (Wildman–Crippen MR) is 110 cm³/mol. The lowest BCUT2D eigenvalue weighted by Crippen LogP contribution is -2.24. The van der Waals surface area contributed by atoms with Crippen LogP contribution >= 0.6 is 11.6 Å². The van der Waals surface area contributed by atoms with Crippen LogP contribution in [0, 0.1) is 24.0 Å². The standard InChI is InChI=1S/C19H19ClN4O6/c1-10(2)19(27)30-8-7-23-17(25)12(4)11(3)16(18(23)26)22-21-14-6-5-13(20)9-15(14)24(28)29/h5-6,9,25H,1,7-8H2,2-4H3. The number of rotatable bonds is 7. The second-order valence-electron chi connectivity index (χ2n) is 6.39. The molecule has 0 aliphatic rings. The first-order valence-electron chi connectivity index (χ1n) is 8.65. The molecule has 10 nitrogen and oxygen atoms in total. The number of carbonyl (C=O) groups excluding carboxylic acids is 1. The first-order chi connectivity index (χ1) is 14.0. The molecule has 0 amide bonds. The van der Waals surface area contributed by atoms with Crippen LogP contribution in [-0.4, -0.2) is 27.2 Å². The molecule has 1 aromatic carbocycles. The van der Waals surface area contributed by atoms with Gasteiger partial charge in [0.1, 0.15) is 6.61 Å². The number of nitro benzene ring substituents is 1. The number of pyridine rings is 1. The molecule has 0 unspecified atom stereocenters. The third kappa shape index (κ3) is 4.90. The summed E-state index contributed by atoms with van der Waals surface area (Å²) in [5, 5.41) is 29.4. The average Bonchev–Trinajstić information content (AvgIpc) is 2.69. The first-order valence-corrected chi connectivity index (χ1v) is 9.03. The molecular formula is C19H19ClN4O6. The summed E-state index contributed by atoms with van der Waals surface area (Å²) < 4.78 is 5.94. The van der Waals surface area contributed by atoms with Crippen molar-refractivity contribution in [3.8, 4) is 5.88 Å². The van der Waals surface area contributed by atoms with Crippen LogP contribution in [0.1, 0.15) is 18.1 Å². The van der Waals surface area contributed by atoms with Gasteiger partial charge in [-0.1, -0.05) is 18.2 Å². The fourth-order valence-electron chi connectivity index (χ4n) is 2.44. The molecule has 0 radical (unpaired) electrons. The number of azo groups is 1. The molecule has 2 aromatic rings. The molecule has 0 bridgehead atoms. The Morgan fingerprint density at radius 2 is 2.00 bits per heavy atom. The highest BCUT2D eigenvalue weighted by Gasteiger charge is 2.18. The van der Waals surface area contributed by atoms with Gasteiger partial charge in [-0.15, -0.1) is 10.2 Å². The normalized spacial score (nSPS) is 10.9. The molecule has 1 heterocycles. The van der Waals surface area contributed by atoms with Crippen LogP contribution in [0.25, 0.3) is 0 Å². The Hall–Kier alpha value is -3.53. The Kier molecular flexibility index (Phi) is 7.06. The highest BCUT2D eigenvalue weighted by molar-refractivity contribution is 6.30. The van der Waals surface area contributed by atoms with E-state index in [0.717, 1.165) is 10.6 Å². The summed E-state index contributed by atoms with van der Waals surface area (Å²) in [4.78, 5) is 34.8. The maximum atomic E-state index is 12.8. The van der Waals surface area contributed by atoms with E-state index >= 15 is 0 Å². The zero-order valence-electron chi connectivity index (χ0n) is 16.5. The zero-order valence-corrected chi connectivity index (χ0v) is 17.3. The lowest BCUT2D eigenvalue weighted by Gasteiger charge is -2.14. The number of aromatic nitrogens is 1. The van der Waals surface area contributed by atoms with Crippen molar-refractivity contribution in [3.63, 3.8) is 0 Å². The third-order valence-corrected chi connectivity index (χ3v) is 4.48. The van der Waals surface area contributed by atoms with Crippen LogP contribution < -0.4 is 5.56 Å². The smallest absolute Gasteiger partial charge is 0.333 e. The summed E-state index contributed by atoms with van der Waals surface area (Å²) in [5.41, 5.74) is -0.343. The highest BCUT2D eigenvalue weighted by Crippen LogP contribution is 2.32. The molecule has 0 saturated heterocycles. The van der Waals surface area contributed by atoms with E-state index in [1.165, 1.54) is 19.1 Å². The van der Waals surface area contributed by atoms with Gasteiger partial charge in [-0.2, -0.15) is 0 Å². The summed E-state index contributed by atoms with van der Waals surface area (Å²) in [6.07, 6.45) is 0. The Labute approximate surface area is 176 Å². The number of esters is 1. The fourth-order valence-corrected chi connectivity index (χ4v) is 2.61. The van der Waals surface area contributed by atoms with Crippen molar-refractivity contribution in [1.82, 2.24) is 4.57 Å². The topological polar surface area (TPSA) is 136 Å². The van der Waals surface area contributed by atoms with Crippen LogP contribution in [-0.2, 0) is 16.1 Å². The summed E-state index contributed by atoms with van der Waals surface area (Å²) in [6.45, 7) is 7.77. The van der Waals surface area contributed by atoms with Gasteiger partial charge >= 0.3 is 5.97 Å². The molecule has 1 aromatic heterocycles. The van der Waals surface area contributed by atoms with E-state index in [4.69, 9.17) is 16.3 Å². The summed E-state index contributed by atoms with van der Waals surface area (Å²) in [5.74, 6) is -0.929.